The van der Waals surface area contributed by atoms with Crippen LogP contribution in [0.2, 0.25) is 0 Å². The number of nitrogens with one attached hydrogen (secondary N) is 1. The van der Waals surface area contributed by atoms with E-state index in [2.05, 4.69) is 24.1 Å². The summed E-state index contributed by atoms with van der Waals surface area (Å²) in [5, 5.41) is 12.4. The van der Waals surface area contributed by atoms with Crippen LogP contribution in [0, 0.1) is 0 Å². The van der Waals surface area contributed by atoms with E-state index in [9.17, 15) is 0 Å². The van der Waals surface area contributed by atoms with Crippen molar-refractivity contribution in [2.45, 2.75) is 32.2 Å². The van der Waals surface area contributed by atoms with Gasteiger partial charge in [-0.15, -0.1) is 0 Å². The number of pyridine rings is 1. The van der Waals surface area contributed by atoms with Gasteiger partial charge >= 0.3 is 0 Å². The minimum Gasteiger partial charge on any atom is -0.396 e. The number of aliphatic hydroxyl groups is 1. The maximum atomic E-state index is 8.96. The molecule has 0 aliphatic heterocycles. The van der Waals surface area contributed by atoms with Crippen LogP contribution in [0.5, 0.6) is 0 Å². The van der Waals surface area contributed by atoms with Gasteiger partial charge in [0, 0.05) is 30.2 Å². The first kappa shape index (κ1) is 11.0. The van der Waals surface area contributed by atoms with Crippen LogP contribution in [0.1, 0.15) is 26.7 Å². The summed E-state index contributed by atoms with van der Waals surface area (Å²) in [5.41, 5.74) is 1.02. The average molecular weight is 194 g/mol. The minimum absolute atomic E-state index is 0.0316. The van der Waals surface area contributed by atoms with Gasteiger partial charge in [0.25, 0.3) is 0 Å². The van der Waals surface area contributed by atoms with Gasteiger partial charge in [0.1, 0.15) is 0 Å². The number of hydrogen-bond acceptors (Lipinski definition) is 3. The van der Waals surface area contributed by atoms with E-state index >= 15 is 0 Å². The Kier molecular flexibility index (Phi) is 3.89. The first-order chi connectivity index (χ1) is 6.70. The molecule has 1 rings (SSSR count). The van der Waals surface area contributed by atoms with Gasteiger partial charge in [-0.05, 0) is 31.9 Å². The zero-order chi connectivity index (χ0) is 10.4. The second-order valence-electron chi connectivity index (χ2n) is 3.75. The van der Waals surface area contributed by atoms with Gasteiger partial charge in [-0.3, -0.25) is 4.98 Å². The van der Waals surface area contributed by atoms with Gasteiger partial charge in [-0.2, -0.15) is 0 Å². The number of hydrogen-bond donors (Lipinski definition) is 2. The van der Waals surface area contributed by atoms with Crippen molar-refractivity contribution < 1.29 is 5.11 Å². The Bertz CT molecular complexity index is 263. The molecule has 0 amide bonds. The highest BCUT2D eigenvalue weighted by atomic mass is 16.3. The molecule has 3 nitrogen and oxygen atoms in total. The van der Waals surface area contributed by atoms with Crippen molar-refractivity contribution in [3.8, 4) is 0 Å². The molecular formula is C11H18N2O. The van der Waals surface area contributed by atoms with E-state index in [-0.39, 0.29) is 12.1 Å². The summed E-state index contributed by atoms with van der Waals surface area (Å²) in [6.07, 6.45) is 5.26. The topological polar surface area (TPSA) is 45.1 Å². The third-order valence-electron chi connectivity index (χ3n) is 2.57. The van der Waals surface area contributed by atoms with E-state index in [0.717, 1.165) is 18.5 Å². The molecule has 0 bridgehead atoms. The van der Waals surface area contributed by atoms with E-state index in [0.29, 0.717) is 0 Å². The summed E-state index contributed by atoms with van der Waals surface area (Å²) in [5.74, 6) is 0. The van der Waals surface area contributed by atoms with Gasteiger partial charge in [-0.25, -0.2) is 0 Å². The Labute approximate surface area is 85.2 Å². The maximum Gasteiger partial charge on any atom is 0.0453 e. The lowest BCUT2D eigenvalue weighted by Crippen LogP contribution is -2.34. The average Bonchev–Trinajstić information content (AvgIpc) is 2.20. The van der Waals surface area contributed by atoms with E-state index in [1.54, 1.807) is 12.4 Å². The second-order valence-corrected chi connectivity index (χ2v) is 3.75. The van der Waals surface area contributed by atoms with Crippen LogP contribution in [0.3, 0.4) is 0 Å². The van der Waals surface area contributed by atoms with Crippen LogP contribution in [0.4, 0.5) is 5.69 Å². The van der Waals surface area contributed by atoms with Crippen molar-refractivity contribution in [1.29, 1.82) is 0 Å². The van der Waals surface area contributed by atoms with Crippen LogP contribution in [0.25, 0.3) is 0 Å². The van der Waals surface area contributed by atoms with E-state index < -0.39 is 0 Å². The van der Waals surface area contributed by atoms with Gasteiger partial charge in [0.15, 0.2) is 0 Å². The van der Waals surface area contributed by atoms with Crippen LogP contribution in [-0.4, -0.2) is 22.2 Å². The van der Waals surface area contributed by atoms with E-state index in [4.69, 9.17) is 5.11 Å². The van der Waals surface area contributed by atoms with Crippen molar-refractivity contribution in [2.24, 2.45) is 0 Å². The van der Waals surface area contributed by atoms with Gasteiger partial charge in [0.05, 0.1) is 0 Å². The molecule has 0 fully saturated rings. The summed E-state index contributed by atoms with van der Waals surface area (Å²) in [6.45, 7) is 4.44. The molecular weight excluding hydrogens is 176 g/mol. The molecule has 0 aliphatic rings. The van der Waals surface area contributed by atoms with Crippen molar-refractivity contribution in [1.82, 2.24) is 4.98 Å². The predicted molar refractivity (Wildman–Crippen MR) is 58.3 cm³/mol. The molecule has 0 radical (unpaired) electrons. The highest BCUT2D eigenvalue weighted by Crippen LogP contribution is 2.20. The van der Waals surface area contributed by atoms with Crippen molar-refractivity contribution in [3.63, 3.8) is 0 Å². The molecule has 0 saturated carbocycles. The molecule has 1 aromatic heterocycles. The maximum absolute atomic E-state index is 8.96. The molecule has 0 saturated heterocycles. The molecule has 1 aromatic rings. The zero-order valence-electron chi connectivity index (χ0n) is 8.83. The van der Waals surface area contributed by atoms with Crippen LogP contribution in [-0.2, 0) is 0 Å². The number of aromatic nitrogens is 1. The van der Waals surface area contributed by atoms with Crippen LogP contribution < -0.4 is 5.32 Å². The molecule has 0 aromatic carbocycles. The molecule has 14 heavy (non-hydrogen) atoms. The lowest BCUT2D eigenvalue weighted by Gasteiger charge is -2.30. The van der Waals surface area contributed by atoms with Crippen molar-refractivity contribution in [2.75, 3.05) is 11.9 Å². The molecule has 1 heterocycles. The summed E-state index contributed by atoms with van der Waals surface area (Å²) in [7, 11) is 0. The molecule has 1 unspecified atom stereocenters. The lowest BCUT2D eigenvalue weighted by molar-refractivity contribution is 0.252. The normalized spacial score (nSPS) is 14.8. The molecule has 2 N–H and O–H groups in total. The number of rotatable bonds is 5. The molecule has 0 aliphatic carbocycles. The zero-order valence-corrected chi connectivity index (χ0v) is 8.83. The van der Waals surface area contributed by atoms with Gasteiger partial charge in [-0.1, -0.05) is 6.92 Å². The highest BCUT2D eigenvalue weighted by molar-refractivity contribution is 5.43. The SMILES string of the molecule is CCC(C)(CCO)Nc1ccncc1. The Morgan fingerprint density at radius 2 is 2.07 bits per heavy atom. The Balaban J connectivity index is 2.65. The monoisotopic (exact) mass is 194 g/mol. The molecule has 78 valence electrons. The lowest BCUT2D eigenvalue weighted by atomic mass is 9.94. The van der Waals surface area contributed by atoms with Gasteiger partial charge < -0.3 is 10.4 Å². The fourth-order valence-corrected chi connectivity index (χ4v) is 1.36. The van der Waals surface area contributed by atoms with E-state index in [1.807, 2.05) is 12.1 Å². The Hall–Kier alpha value is -1.09. The third-order valence-corrected chi connectivity index (χ3v) is 2.57. The van der Waals surface area contributed by atoms with Crippen LogP contribution in [0.15, 0.2) is 24.5 Å². The summed E-state index contributed by atoms with van der Waals surface area (Å²) < 4.78 is 0. The molecule has 3 heteroatoms. The van der Waals surface area contributed by atoms with Gasteiger partial charge in [0.2, 0.25) is 0 Å². The fraction of sp³-hybridized carbons (Fsp3) is 0.545. The summed E-state index contributed by atoms with van der Waals surface area (Å²) in [6, 6.07) is 3.87. The quantitative estimate of drug-likeness (QED) is 0.754. The number of nitrogens with zero attached hydrogens (tertiary/aromatic N) is 1. The summed E-state index contributed by atoms with van der Waals surface area (Å²) >= 11 is 0. The van der Waals surface area contributed by atoms with Crippen molar-refractivity contribution in [3.05, 3.63) is 24.5 Å². The minimum atomic E-state index is -0.0316. The van der Waals surface area contributed by atoms with Crippen molar-refractivity contribution >= 4 is 5.69 Å². The molecule has 1 atom stereocenters. The van der Waals surface area contributed by atoms with Crippen LogP contribution >= 0.6 is 0 Å². The molecule has 0 spiro atoms. The Morgan fingerprint density at radius 1 is 1.43 bits per heavy atom. The number of anilines is 1. The first-order valence-electron chi connectivity index (χ1n) is 4.99. The standard InChI is InChI=1S/C11H18N2O/c1-3-11(2,6-9-14)13-10-4-7-12-8-5-10/h4-5,7-8,14H,3,6,9H2,1-2H3,(H,12,13). The smallest absolute Gasteiger partial charge is 0.0453 e. The Morgan fingerprint density at radius 3 is 2.57 bits per heavy atom. The highest BCUT2D eigenvalue weighted by Gasteiger charge is 2.20. The predicted octanol–water partition coefficient (Wildman–Crippen LogP) is 2.04. The third kappa shape index (κ3) is 3.00. The summed E-state index contributed by atoms with van der Waals surface area (Å²) in [4.78, 5) is 3.96. The first-order valence-corrected chi connectivity index (χ1v) is 4.99. The second kappa shape index (κ2) is 4.96. The fourth-order valence-electron chi connectivity index (χ4n) is 1.36. The van der Waals surface area contributed by atoms with E-state index in [1.165, 1.54) is 0 Å². The number of aliphatic hydroxyl groups excluding tert-OH is 1. The largest absolute Gasteiger partial charge is 0.396 e.